The molecule has 1 fully saturated rings. The summed E-state index contributed by atoms with van der Waals surface area (Å²) >= 11 is 1.27. The van der Waals surface area contributed by atoms with Crippen molar-refractivity contribution in [3.63, 3.8) is 0 Å². The first-order chi connectivity index (χ1) is 8.97. The van der Waals surface area contributed by atoms with Crippen LogP contribution in [0, 0.1) is 0 Å². The molecule has 19 heavy (non-hydrogen) atoms. The van der Waals surface area contributed by atoms with E-state index in [1.807, 2.05) is 0 Å². The number of halogens is 4. The number of hydrogen-bond acceptors (Lipinski definition) is 4. The number of nitrogens with one attached hydrogen (secondary N) is 1. The number of hydrogen-bond donors (Lipinski definition) is 1. The van der Waals surface area contributed by atoms with Crippen LogP contribution in [-0.4, -0.2) is 30.0 Å². The average Bonchev–Trinajstić information content (AvgIpc) is 3.06. The van der Waals surface area contributed by atoms with Crippen LogP contribution in [0.1, 0.15) is 23.5 Å². The van der Waals surface area contributed by atoms with Gasteiger partial charge in [0.2, 0.25) is 0 Å². The molecule has 108 valence electrons. The van der Waals surface area contributed by atoms with Crippen molar-refractivity contribution in [3.8, 4) is 0 Å². The van der Waals surface area contributed by atoms with Crippen molar-refractivity contribution in [1.29, 1.82) is 0 Å². The molecule has 0 saturated heterocycles. The summed E-state index contributed by atoms with van der Waals surface area (Å²) < 4.78 is 53.5. The fraction of sp³-hybridized carbons (Fsp3) is 0.727. The lowest BCUT2D eigenvalue weighted by Gasteiger charge is -2.14. The minimum absolute atomic E-state index is 0.170. The second kappa shape index (κ2) is 6.15. The largest absolute Gasteiger partial charge is 0.368 e. The molecule has 0 radical (unpaired) electrons. The smallest absolute Gasteiger partial charge is 0.330 e. The maximum absolute atomic E-state index is 12.6. The Morgan fingerprint density at radius 3 is 2.84 bits per heavy atom. The highest BCUT2D eigenvalue weighted by atomic mass is 32.1. The number of rotatable bonds is 8. The fourth-order valence-electron chi connectivity index (χ4n) is 1.37. The molecule has 1 aromatic heterocycles. The summed E-state index contributed by atoms with van der Waals surface area (Å²) in [7, 11) is 0. The van der Waals surface area contributed by atoms with E-state index >= 15 is 0 Å². The lowest BCUT2D eigenvalue weighted by molar-refractivity contribution is -0.168. The van der Waals surface area contributed by atoms with Gasteiger partial charge in [0.25, 0.3) is 0 Å². The van der Waals surface area contributed by atoms with Crippen LogP contribution >= 0.6 is 11.3 Å². The third-order valence-corrected chi connectivity index (χ3v) is 3.46. The minimum atomic E-state index is -4.10. The van der Waals surface area contributed by atoms with Crippen molar-refractivity contribution < 1.29 is 22.3 Å². The topological polar surface area (TPSA) is 34.1 Å². The van der Waals surface area contributed by atoms with Gasteiger partial charge in [0, 0.05) is 18.0 Å². The maximum Gasteiger partial charge on any atom is 0.330 e. The van der Waals surface area contributed by atoms with Crippen LogP contribution in [0.5, 0.6) is 0 Å². The van der Waals surface area contributed by atoms with E-state index in [-0.39, 0.29) is 6.61 Å². The Bertz CT molecular complexity index is 409. The van der Waals surface area contributed by atoms with Gasteiger partial charge in [-0.15, -0.1) is 11.3 Å². The van der Waals surface area contributed by atoms with Crippen molar-refractivity contribution in [2.45, 2.75) is 44.4 Å². The van der Waals surface area contributed by atoms with E-state index in [1.54, 1.807) is 5.38 Å². The Kier molecular flexibility index (Phi) is 4.75. The first-order valence-electron chi connectivity index (χ1n) is 5.88. The summed E-state index contributed by atoms with van der Waals surface area (Å²) in [6.45, 7) is -0.829. The molecular formula is C11H14F4N2OS. The zero-order valence-electron chi connectivity index (χ0n) is 10.0. The first-order valence-corrected chi connectivity index (χ1v) is 6.76. The van der Waals surface area contributed by atoms with Crippen molar-refractivity contribution in [1.82, 2.24) is 10.3 Å². The molecule has 1 heterocycles. The summed E-state index contributed by atoms with van der Waals surface area (Å²) in [4.78, 5) is 4.17. The molecular weight excluding hydrogens is 284 g/mol. The molecule has 0 aromatic carbocycles. The summed E-state index contributed by atoms with van der Waals surface area (Å²) in [5.74, 6) is -4.10. The quantitative estimate of drug-likeness (QED) is 0.749. The molecule has 1 N–H and O–H groups in total. The highest BCUT2D eigenvalue weighted by Crippen LogP contribution is 2.24. The van der Waals surface area contributed by atoms with Gasteiger partial charge in [-0.2, -0.15) is 8.78 Å². The summed E-state index contributed by atoms with van der Waals surface area (Å²) in [5.41, 5.74) is 0.816. The molecule has 2 rings (SSSR count). The molecule has 8 heteroatoms. The van der Waals surface area contributed by atoms with Crippen molar-refractivity contribution >= 4 is 11.3 Å². The van der Waals surface area contributed by atoms with Crippen LogP contribution in [0.15, 0.2) is 5.38 Å². The van der Waals surface area contributed by atoms with Gasteiger partial charge in [-0.25, -0.2) is 13.8 Å². The molecule has 0 amide bonds. The molecule has 0 aliphatic heterocycles. The van der Waals surface area contributed by atoms with Crippen LogP contribution in [-0.2, 0) is 17.9 Å². The third-order valence-electron chi connectivity index (χ3n) is 2.59. The second-order valence-corrected chi connectivity index (χ2v) is 5.38. The van der Waals surface area contributed by atoms with Gasteiger partial charge in [0.15, 0.2) is 0 Å². The Balaban J connectivity index is 1.70. The molecule has 0 bridgehead atoms. The van der Waals surface area contributed by atoms with E-state index in [0.717, 1.165) is 5.69 Å². The zero-order chi connectivity index (χ0) is 13.9. The van der Waals surface area contributed by atoms with Crippen molar-refractivity contribution in [2.24, 2.45) is 0 Å². The number of alkyl halides is 4. The Morgan fingerprint density at radius 2 is 2.21 bits per heavy atom. The lowest BCUT2D eigenvalue weighted by atomic mass is 10.4. The Morgan fingerprint density at radius 1 is 1.47 bits per heavy atom. The summed E-state index contributed by atoms with van der Waals surface area (Å²) in [5, 5.41) is 5.58. The first kappa shape index (κ1) is 14.7. The van der Waals surface area contributed by atoms with Gasteiger partial charge in [0.05, 0.1) is 12.3 Å². The highest BCUT2D eigenvalue weighted by Gasteiger charge is 2.40. The van der Waals surface area contributed by atoms with Gasteiger partial charge in [-0.05, 0) is 12.8 Å². The molecule has 0 unspecified atom stereocenters. The Labute approximate surface area is 112 Å². The molecule has 1 aliphatic carbocycles. The van der Waals surface area contributed by atoms with Gasteiger partial charge in [-0.3, -0.25) is 0 Å². The molecule has 1 aromatic rings. The molecule has 3 nitrogen and oxygen atoms in total. The lowest BCUT2D eigenvalue weighted by Crippen LogP contribution is -2.32. The Hall–Kier alpha value is -0.730. The second-order valence-electron chi connectivity index (χ2n) is 4.44. The van der Waals surface area contributed by atoms with E-state index < -0.39 is 19.0 Å². The monoisotopic (exact) mass is 298 g/mol. The SMILES string of the molecule is FC(F)C(F)(F)COCc1nc(CNC2CC2)cs1. The van der Waals surface area contributed by atoms with Crippen molar-refractivity contribution in [2.75, 3.05) is 6.61 Å². The van der Waals surface area contributed by atoms with E-state index in [0.29, 0.717) is 17.6 Å². The minimum Gasteiger partial charge on any atom is -0.368 e. The zero-order valence-corrected chi connectivity index (χ0v) is 10.9. The predicted octanol–water partition coefficient (Wildman–Crippen LogP) is 2.81. The van der Waals surface area contributed by atoms with Gasteiger partial charge in [-0.1, -0.05) is 0 Å². The number of aromatic nitrogens is 1. The fourth-order valence-corrected chi connectivity index (χ4v) is 2.10. The highest BCUT2D eigenvalue weighted by molar-refractivity contribution is 7.09. The number of nitrogens with zero attached hydrogens (tertiary/aromatic N) is 1. The number of thiazole rings is 1. The van der Waals surface area contributed by atoms with Crippen molar-refractivity contribution in [3.05, 3.63) is 16.1 Å². The van der Waals surface area contributed by atoms with E-state index in [1.165, 1.54) is 24.2 Å². The molecule has 0 atom stereocenters. The van der Waals surface area contributed by atoms with Crippen LogP contribution in [0.2, 0.25) is 0 Å². The summed E-state index contributed by atoms with van der Waals surface area (Å²) in [6, 6.07) is 0.561. The van der Waals surface area contributed by atoms with Crippen LogP contribution in [0.3, 0.4) is 0 Å². The van der Waals surface area contributed by atoms with Gasteiger partial charge >= 0.3 is 12.3 Å². The maximum atomic E-state index is 12.6. The average molecular weight is 298 g/mol. The third kappa shape index (κ3) is 4.70. The molecule has 1 aliphatic rings. The standard InChI is InChI=1S/C11H14F4N2OS/c12-10(13)11(14,15)6-18-4-9-17-8(5-19-9)3-16-7-1-2-7/h5,7,10,16H,1-4,6H2. The number of ether oxygens (including phenoxy) is 1. The van der Waals surface area contributed by atoms with E-state index in [2.05, 4.69) is 15.0 Å². The van der Waals surface area contributed by atoms with Gasteiger partial charge < -0.3 is 10.1 Å². The van der Waals surface area contributed by atoms with Crippen LogP contribution < -0.4 is 5.32 Å². The predicted molar refractivity (Wildman–Crippen MR) is 62.6 cm³/mol. The van der Waals surface area contributed by atoms with E-state index in [4.69, 9.17) is 0 Å². The van der Waals surface area contributed by atoms with Gasteiger partial charge in [0.1, 0.15) is 11.6 Å². The van der Waals surface area contributed by atoms with E-state index in [9.17, 15) is 17.6 Å². The molecule has 1 saturated carbocycles. The van der Waals surface area contributed by atoms with Crippen LogP contribution in [0.4, 0.5) is 17.6 Å². The summed E-state index contributed by atoms with van der Waals surface area (Å²) in [6.07, 6.45) is -1.37. The molecule has 0 spiro atoms. The van der Waals surface area contributed by atoms with Crippen LogP contribution in [0.25, 0.3) is 0 Å². The normalized spacial score (nSPS) is 16.3.